The number of nitrogens with zero attached hydrogens (tertiary/aromatic N) is 1. The van der Waals surface area contributed by atoms with E-state index in [-0.39, 0.29) is 30.6 Å². The molecule has 1 aliphatic rings. The van der Waals surface area contributed by atoms with Gasteiger partial charge in [-0.05, 0) is 24.6 Å². The third-order valence-corrected chi connectivity index (χ3v) is 3.90. The number of piperazine rings is 1. The second-order valence-corrected chi connectivity index (χ2v) is 5.97. The predicted octanol–water partition coefficient (Wildman–Crippen LogP) is 1.70. The molecule has 1 atom stereocenters. The molecule has 1 aromatic carbocycles. The van der Waals surface area contributed by atoms with E-state index < -0.39 is 6.04 Å². The molecular formula is C15H21BrClN3O2. The minimum absolute atomic E-state index is 0. The largest absolute Gasteiger partial charge is 0.356 e. The predicted molar refractivity (Wildman–Crippen MR) is 91.9 cm³/mol. The highest BCUT2D eigenvalue weighted by atomic mass is 79.9. The van der Waals surface area contributed by atoms with Crippen LogP contribution >= 0.6 is 28.3 Å². The van der Waals surface area contributed by atoms with Crippen LogP contribution < -0.4 is 10.6 Å². The lowest BCUT2D eigenvalue weighted by Crippen LogP contribution is -2.55. The molecule has 1 aliphatic heterocycles. The van der Waals surface area contributed by atoms with Gasteiger partial charge in [0.1, 0.15) is 0 Å². The molecule has 1 saturated heterocycles. The fourth-order valence-electron chi connectivity index (χ4n) is 2.42. The zero-order valence-corrected chi connectivity index (χ0v) is 14.9. The van der Waals surface area contributed by atoms with E-state index in [2.05, 4.69) is 26.6 Å². The van der Waals surface area contributed by atoms with Gasteiger partial charge < -0.3 is 15.5 Å². The van der Waals surface area contributed by atoms with Gasteiger partial charge in [0.15, 0.2) is 0 Å². The van der Waals surface area contributed by atoms with Gasteiger partial charge in [-0.25, -0.2) is 0 Å². The van der Waals surface area contributed by atoms with Crippen LogP contribution in [-0.4, -0.2) is 42.4 Å². The fourth-order valence-corrected chi connectivity index (χ4v) is 2.87. The Hall–Kier alpha value is -1.11. The maximum atomic E-state index is 12.4. The first kappa shape index (κ1) is 18.9. The molecule has 1 heterocycles. The summed E-state index contributed by atoms with van der Waals surface area (Å²) in [6.45, 7) is 4.40. The van der Waals surface area contributed by atoms with Crippen LogP contribution in [0.2, 0.25) is 0 Å². The van der Waals surface area contributed by atoms with Gasteiger partial charge in [-0.3, -0.25) is 9.59 Å². The molecule has 122 valence electrons. The van der Waals surface area contributed by atoms with Crippen LogP contribution in [0.4, 0.5) is 0 Å². The van der Waals surface area contributed by atoms with Crippen molar-refractivity contribution in [2.24, 2.45) is 0 Å². The van der Waals surface area contributed by atoms with Crippen molar-refractivity contribution < 1.29 is 9.59 Å². The Morgan fingerprint density at radius 1 is 1.50 bits per heavy atom. The van der Waals surface area contributed by atoms with Crippen LogP contribution in [0.25, 0.3) is 0 Å². The summed E-state index contributed by atoms with van der Waals surface area (Å²) >= 11 is 3.44. The van der Waals surface area contributed by atoms with Gasteiger partial charge in [0.2, 0.25) is 11.8 Å². The minimum atomic E-state index is -0.419. The van der Waals surface area contributed by atoms with Crippen molar-refractivity contribution in [2.75, 3.05) is 19.6 Å². The van der Waals surface area contributed by atoms with E-state index in [0.29, 0.717) is 26.2 Å². The molecule has 0 saturated carbocycles. The molecule has 7 heteroatoms. The smallest absolute Gasteiger partial charge is 0.240 e. The average molecular weight is 391 g/mol. The minimum Gasteiger partial charge on any atom is -0.356 e. The number of hydrogen-bond acceptors (Lipinski definition) is 3. The number of amides is 2. The highest BCUT2D eigenvalue weighted by Crippen LogP contribution is 2.15. The monoisotopic (exact) mass is 389 g/mol. The number of carbonyl (C=O) groups is 2. The molecule has 0 aliphatic carbocycles. The molecule has 0 spiro atoms. The summed E-state index contributed by atoms with van der Waals surface area (Å²) in [5.74, 6) is -0.0971. The lowest BCUT2D eigenvalue weighted by Gasteiger charge is -2.33. The number of carbonyl (C=O) groups excluding carboxylic acids is 2. The SMILES string of the molecule is CCNC(=O)CC1NCCN(Cc2cccc(Br)c2)C1=O.Cl. The summed E-state index contributed by atoms with van der Waals surface area (Å²) in [4.78, 5) is 25.9. The van der Waals surface area contributed by atoms with Gasteiger partial charge in [0, 0.05) is 30.7 Å². The van der Waals surface area contributed by atoms with Crippen molar-refractivity contribution in [2.45, 2.75) is 25.9 Å². The van der Waals surface area contributed by atoms with Crippen LogP contribution in [0.1, 0.15) is 18.9 Å². The molecule has 2 N–H and O–H groups in total. The lowest BCUT2D eigenvalue weighted by molar-refractivity contribution is -0.138. The van der Waals surface area contributed by atoms with Gasteiger partial charge >= 0.3 is 0 Å². The van der Waals surface area contributed by atoms with E-state index in [9.17, 15) is 9.59 Å². The van der Waals surface area contributed by atoms with Crippen molar-refractivity contribution in [3.8, 4) is 0 Å². The number of hydrogen-bond donors (Lipinski definition) is 2. The van der Waals surface area contributed by atoms with E-state index in [1.54, 1.807) is 0 Å². The zero-order chi connectivity index (χ0) is 15.2. The van der Waals surface area contributed by atoms with Gasteiger partial charge in [-0.2, -0.15) is 0 Å². The maximum absolute atomic E-state index is 12.4. The topological polar surface area (TPSA) is 61.4 Å². The zero-order valence-electron chi connectivity index (χ0n) is 12.5. The van der Waals surface area contributed by atoms with Crippen molar-refractivity contribution in [3.63, 3.8) is 0 Å². The Kier molecular flexibility index (Phi) is 7.85. The molecule has 22 heavy (non-hydrogen) atoms. The van der Waals surface area contributed by atoms with Crippen LogP contribution in [0.5, 0.6) is 0 Å². The maximum Gasteiger partial charge on any atom is 0.240 e. The Bertz CT molecular complexity index is 527. The Balaban J connectivity index is 0.00000242. The highest BCUT2D eigenvalue weighted by molar-refractivity contribution is 9.10. The van der Waals surface area contributed by atoms with E-state index in [1.807, 2.05) is 36.1 Å². The van der Waals surface area contributed by atoms with Crippen molar-refractivity contribution in [1.29, 1.82) is 0 Å². The Morgan fingerprint density at radius 3 is 2.95 bits per heavy atom. The number of halogens is 2. The first-order valence-electron chi connectivity index (χ1n) is 7.13. The number of nitrogens with one attached hydrogen (secondary N) is 2. The fraction of sp³-hybridized carbons (Fsp3) is 0.467. The molecule has 1 fully saturated rings. The molecule has 1 aromatic rings. The standard InChI is InChI=1S/C15H20BrN3O2.ClH/c1-2-17-14(20)9-13-15(21)19(7-6-18-13)10-11-4-3-5-12(16)8-11;/h3-5,8,13,18H,2,6-7,9-10H2,1H3,(H,17,20);1H. The van der Waals surface area contributed by atoms with Crippen LogP contribution in [0, 0.1) is 0 Å². The number of benzene rings is 1. The normalized spacial score (nSPS) is 17.8. The molecule has 2 rings (SSSR count). The Labute approximate surface area is 145 Å². The molecule has 5 nitrogen and oxygen atoms in total. The highest BCUT2D eigenvalue weighted by Gasteiger charge is 2.29. The first-order valence-corrected chi connectivity index (χ1v) is 7.92. The second kappa shape index (κ2) is 9.12. The van der Waals surface area contributed by atoms with Gasteiger partial charge in [-0.15, -0.1) is 12.4 Å². The first-order chi connectivity index (χ1) is 10.1. The van der Waals surface area contributed by atoms with Crippen molar-refractivity contribution in [1.82, 2.24) is 15.5 Å². The van der Waals surface area contributed by atoms with E-state index in [0.717, 1.165) is 10.0 Å². The quantitative estimate of drug-likeness (QED) is 0.804. The van der Waals surface area contributed by atoms with E-state index >= 15 is 0 Å². The molecule has 0 aromatic heterocycles. The molecule has 0 bridgehead atoms. The summed E-state index contributed by atoms with van der Waals surface area (Å²) in [6.07, 6.45) is 0.196. The van der Waals surface area contributed by atoms with Gasteiger partial charge in [0.25, 0.3) is 0 Å². The van der Waals surface area contributed by atoms with Crippen LogP contribution in [0.3, 0.4) is 0 Å². The van der Waals surface area contributed by atoms with Crippen LogP contribution in [-0.2, 0) is 16.1 Å². The average Bonchev–Trinajstić information content (AvgIpc) is 2.44. The van der Waals surface area contributed by atoms with Gasteiger partial charge in [0.05, 0.1) is 12.5 Å². The van der Waals surface area contributed by atoms with E-state index in [4.69, 9.17) is 0 Å². The molecular weight excluding hydrogens is 370 g/mol. The lowest BCUT2D eigenvalue weighted by atomic mass is 10.1. The van der Waals surface area contributed by atoms with Gasteiger partial charge in [-0.1, -0.05) is 28.1 Å². The molecule has 1 unspecified atom stereocenters. The third kappa shape index (κ3) is 5.26. The van der Waals surface area contributed by atoms with E-state index in [1.165, 1.54) is 0 Å². The third-order valence-electron chi connectivity index (χ3n) is 3.41. The summed E-state index contributed by atoms with van der Waals surface area (Å²) in [7, 11) is 0. The van der Waals surface area contributed by atoms with Crippen molar-refractivity contribution >= 4 is 40.2 Å². The molecule has 2 amide bonds. The summed E-state index contributed by atoms with van der Waals surface area (Å²) in [5, 5.41) is 5.85. The summed E-state index contributed by atoms with van der Waals surface area (Å²) in [5.41, 5.74) is 1.08. The number of rotatable bonds is 5. The summed E-state index contributed by atoms with van der Waals surface area (Å²) in [6, 6.07) is 7.50. The Morgan fingerprint density at radius 2 is 2.27 bits per heavy atom. The molecule has 0 radical (unpaired) electrons. The van der Waals surface area contributed by atoms with Crippen molar-refractivity contribution in [3.05, 3.63) is 34.3 Å². The van der Waals surface area contributed by atoms with Crippen LogP contribution in [0.15, 0.2) is 28.7 Å². The summed E-state index contributed by atoms with van der Waals surface area (Å²) < 4.78 is 1.00. The second-order valence-electron chi connectivity index (χ2n) is 5.05.